The summed E-state index contributed by atoms with van der Waals surface area (Å²) < 4.78 is 0. The van der Waals surface area contributed by atoms with Crippen molar-refractivity contribution in [3.05, 3.63) is 23.5 Å². The highest BCUT2D eigenvalue weighted by molar-refractivity contribution is 5.59. The van der Waals surface area contributed by atoms with Crippen LogP contribution in [0.5, 0.6) is 0 Å². The van der Waals surface area contributed by atoms with E-state index in [1.54, 1.807) is 0 Å². The van der Waals surface area contributed by atoms with Crippen LogP contribution in [0.2, 0.25) is 0 Å². The van der Waals surface area contributed by atoms with Crippen LogP contribution in [0.4, 0.5) is 5.69 Å². The molecule has 2 heterocycles. The average molecular weight is 162 g/mol. The van der Waals surface area contributed by atoms with Crippen molar-refractivity contribution in [3.63, 3.8) is 0 Å². The number of anilines is 1. The molecule has 1 N–H and O–H groups in total. The lowest BCUT2D eigenvalue weighted by molar-refractivity contribution is 0.864. The first-order chi connectivity index (χ1) is 5.79. The van der Waals surface area contributed by atoms with Gasteiger partial charge in [0, 0.05) is 19.2 Å². The molecule has 0 bridgehead atoms. The van der Waals surface area contributed by atoms with E-state index in [1.807, 2.05) is 6.20 Å². The quantitative estimate of drug-likeness (QED) is 0.684. The summed E-state index contributed by atoms with van der Waals surface area (Å²) in [6.07, 6.45) is 3.00. The number of hydrogen-bond acceptors (Lipinski definition) is 2. The number of rotatable bonds is 1. The van der Waals surface area contributed by atoms with Crippen molar-refractivity contribution in [2.24, 2.45) is 0 Å². The predicted molar refractivity (Wildman–Crippen MR) is 50.5 cm³/mol. The zero-order chi connectivity index (χ0) is 8.55. The topological polar surface area (TPSA) is 24.9 Å². The summed E-state index contributed by atoms with van der Waals surface area (Å²) in [5, 5.41) is 3.39. The zero-order valence-electron chi connectivity index (χ0n) is 7.59. The molecule has 2 heteroatoms. The Morgan fingerprint density at radius 1 is 1.50 bits per heavy atom. The van der Waals surface area contributed by atoms with Crippen molar-refractivity contribution >= 4 is 5.69 Å². The fraction of sp³-hybridized carbons (Fsp3) is 0.500. The number of nitrogens with zero attached hydrogens (tertiary/aromatic N) is 1. The molecule has 0 saturated carbocycles. The first-order valence-electron chi connectivity index (χ1n) is 4.50. The molecule has 2 rings (SSSR count). The molecule has 0 atom stereocenters. The third-order valence-corrected chi connectivity index (χ3v) is 2.35. The largest absolute Gasteiger partial charge is 0.383 e. The number of hydrogen-bond donors (Lipinski definition) is 1. The van der Waals surface area contributed by atoms with Crippen LogP contribution in [0.25, 0.3) is 0 Å². The van der Waals surface area contributed by atoms with Gasteiger partial charge in [-0.2, -0.15) is 0 Å². The van der Waals surface area contributed by atoms with Crippen LogP contribution in [-0.4, -0.2) is 11.5 Å². The van der Waals surface area contributed by atoms with Gasteiger partial charge in [0.1, 0.15) is 0 Å². The Kier molecular flexibility index (Phi) is 1.75. The van der Waals surface area contributed by atoms with Gasteiger partial charge in [0.2, 0.25) is 0 Å². The molecule has 12 heavy (non-hydrogen) atoms. The van der Waals surface area contributed by atoms with Gasteiger partial charge in [-0.3, -0.25) is 4.98 Å². The molecule has 1 aliphatic heterocycles. The monoisotopic (exact) mass is 162 g/mol. The zero-order valence-corrected chi connectivity index (χ0v) is 7.59. The van der Waals surface area contributed by atoms with Crippen LogP contribution < -0.4 is 5.32 Å². The van der Waals surface area contributed by atoms with Crippen LogP contribution in [-0.2, 0) is 6.42 Å². The number of aromatic nitrogens is 1. The van der Waals surface area contributed by atoms with E-state index in [9.17, 15) is 0 Å². The first kappa shape index (κ1) is 7.59. The van der Waals surface area contributed by atoms with Gasteiger partial charge in [-0.1, -0.05) is 13.8 Å². The minimum atomic E-state index is 0.590. The van der Waals surface area contributed by atoms with Crippen LogP contribution in [0.1, 0.15) is 31.0 Å². The lowest BCUT2D eigenvalue weighted by atomic mass is 10.0. The van der Waals surface area contributed by atoms with E-state index in [0.29, 0.717) is 5.92 Å². The maximum absolute atomic E-state index is 4.34. The number of fused-ring (bicyclic) bond motifs is 1. The van der Waals surface area contributed by atoms with Gasteiger partial charge in [0.05, 0.1) is 11.4 Å². The molecule has 1 aliphatic rings. The molecule has 0 radical (unpaired) electrons. The fourth-order valence-electron chi connectivity index (χ4n) is 1.70. The SMILES string of the molecule is CC(C)c1ccnc2c1NCC2. The molecule has 1 aromatic rings. The van der Waals surface area contributed by atoms with E-state index >= 15 is 0 Å². The number of pyridine rings is 1. The standard InChI is InChI=1S/C10H14N2/c1-7(2)8-3-5-11-9-4-6-12-10(8)9/h3,5,7,12H,4,6H2,1-2H3. The molecule has 0 amide bonds. The van der Waals surface area contributed by atoms with Crippen LogP contribution >= 0.6 is 0 Å². The lowest BCUT2D eigenvalue weighted by Crippen LogP contribution is -1.97. The molecule has 0 aliphatic carbocycles. The van der Waals surface area contributed by atoms with Crippen molar-refractivity contribution < 1.29 is 0 Å². The maximum atomic E-state index is 4.34. The van der Waals surface area contributed by atoms with Gasteiger partial charge in [0.25, 0.3) is 0 Å². The van der Waals surface area contributed by atoms with Gasteiger partial charge < -0.3 is 5.32 Å². The van der Waals surface area contributed by atoms with E-state index in [2.05, 4.69) is 30.2 Å². The van der Waals surface area contributed by atoms with Crippen LogP contribution in [0.3, 0.4) is 0 Å². The van der Waals surface area contributed by atoms with Gasteiger partial charge in [-0.15, -0.1) is 0 Å². The van der Waals surface area contributed by atoms with Gasteiger partial charge in [-0.05, 0) is 17.5 Å². The summed E-state index contributed by atoms with van der Waals surface area (Å²) in [6, 6.07) is 2.11. The number of nitrogens with one attached hydrogen (secondary N) is 1. The molecule has 64 valence electrons. The summed E-state index contributed by atoms with van der Waals surface area (Å²) in [4.78, 5) is 4.34. The molecular formula is C10H14N2. The van der Waals surface area contributed by atoms with E-state index in [0.717, 1.165) is 13.0 Å². The van der Waals surface area contributed by atoms with E-state index in [4.69, 9.17) is 0 Å². The second-order valence-corrected chi connectivity index (χ2v) is 3.55. The summed E-state index contributed by atoms with van der Waals surface area (Å²) in [7, 11) is 0. The molecule has 1 aromatic heterocycles. The molecule has 0 saturated heterocycles. The summed E-state index contributed by atoms with van der Waals surface area (Å²) in [5.41, 5.74) is 3.92. The first-order valence-corrected chi connectivity index (χ1v) is 4.50. The minimum Gasteiger partial charge on any atom is -0.383 e. The summed E-state index contributed by atoms with van der Waals surface area (Å²) in [5.74, 6) is 0.590. The molecule has 0 aromatic carbocycles. The van der Waals surface area contributed by atoms with Crippen molar-refractivity contribution in [1.29, 1.82) is 0 Å². The maximum Gasteiger partial charge on any atom is 0.0655 e. The highest BCUT2D eigenvalue weighted by Crippen LogP contribution is 2.29. The van der Waals surface area contributed by atoms with E-state index in [1.165, 1.54) is 16.9 Å². The van der Waals surface area contributed by atoms with Crippen LogP contribution in [0, 0.1) is 0 Å². The summed E-state index contributed by atoms with van der Waals surface area (Å²) in [6.45, 7) is 5.48. The molecule has 0 unspecified atom stereocenters. The van der Waals surface area contributed by atoms with Gasteiger partial charge in [0.15, 0.2) is 0 Å². The Bertz CT molecular complexity index is 292. The highest BCUT2D eigenvalue weighted by atomic mass is 14.9. The van der Waals surface area contributed by atoms with Crippen molar-refractivity contribution in [2.45, 2.75) is 26.2 Å². The third-order valence-electron chi connectivity index (χ3n) is 2.35. The van der Waals surface area contributed by atoms with Crippen molar-refractivity contribution in [1.82, 2.24) is 4.98 Å². The average Bonchev–Trinajstić information content (AvgIpc) is 2.49. The minimum absolute atomic E-state index is 0.590. The molecule has 0 fully saturated rings. The van der Waals surface area contributed by atoms with Crippen molar-refractivity contribution in [3.8, 4) is 0 Å². The Morgan fingerprint density at radius 2 is 2.33 bits per heavy atom. The van der Waals surface area contributed by atoms with Crippen molar-refractivity contribution in [2.75, 3.05) is 11.9 Å². The lowest BCUT2D eigenvalue weighted by Gasteiger charge is -2.10. The molecule has 0 spiro atoms. The normalized spacial score (nSPS) is 14.6. The van der Waals surface area contributed by atoms with Gasteiger partial charge in [-0.25, -0.2) is 0 Å². The fourth-order valence-corrected chi connectivity index (χ4v) is 1.70. The second-order valence-electron chi connectivity index (χ2n) is 3.55. The predicted octanol–water partition coefficient (Wildman–Crippen LogP) is 2.17. The Morgan fingerprint density at radius 3 is 3.08 bits per heavy atom. The Balaban J connectivity index is 2.49. The Hall–Kier alpha value is -1.05. The smallest absolute Gasteiger partial charge is 0.0655 e. The summed E-state index contributed by atoms with van der Waals surface area (Å²) >= 11 is 0. The molecular weight excluding hydrogens is 148 g/mol. The third kappa shape index (κ3) is 1.07. The van der Waals surface area contributed by atoms with E-state index < -0.39 is 0 Å². The molecule has 2 nitrogen and oxygen atoms in total. The van der Waals surface area contributed by atoms with E-state index in [-0.39, 0.29) is 0 Å². The van der Waals surface area contributed by atoms with Crippen LogP contribution in [0.15, 0.2) is 12.3 Å². The Labute approximate surface area is 73.0 Å². The van der Waals surface area contributed by atoms with Gasteiger partial charge >= 0.3 is 0 Å². The highest BCUT2D eigenvalue weighted by Gasteiger charge is 2.16. The second kappa shape index (κ2) is 2.77.